The second-order valence-corrected chi connectivity index (χ2v) is 5.76. The van der Waals surface area contributed by atoms with Crippen molar-refractivity contribution in [2.45, 2.75) is 6.92 Å². The molecule has 0 bridgehead atoms. The minimum Gasteiger partial charge on any atom is -0.253 e. The minimum absolute atomic E-state index is 0.272. The summed E-state index contributed by atoms with van der Waals surface area (Å²) < 4.78 is 14.8. The average Bonchev–Trinajstić information content (AvgIpc) is 3.01. The van der Waals surface area contributed by atoms with Crippen molar-refractivity contribution in [1.29, 1.82) is 0 Å². The fourth-order valence-electron chi connectivity index (χ4n) is 1.73. The molecule has 0 saturated heterocycles. The average molecular weight is 291 g/mol. The third-order valence-electron chi connectivity index (χ3n) is 2.60. The first-order valence-corrected chi connectivity index (χ1v) is 7.37. The van der Waals surface area contributed by atoms with Crippen LogP contribution in [0.2, 0.25) is 0 Å². The Morgan fingerprint density at radius 2 is 2.21 bits per heavy atom. The molecular formula is C13H10FN3S2. The van der Waals surface area contributed by atoms with Crippen LogP contribution in [-0.4, -0.2) is 11.2 Å². The minimum atomic E-state index is -0.272. The monoisotopic (exact) mass is 291 g/mol. The number of hydrogen-bond donors (Lipinski definition) is 1. The van der Waals surface area contributed by atoms with Gasteiger partial charge < -0.3 is 0 Å². The summed E-state index contributed by atoms with van der Waals surface area (Å²) in [6.45, 7) is 1.91. The first-order valence-electron chi connectivity index (χ1n) is 5.61. The number of benzene rings is 1. The lowest BCUT2D eigenvalue weighted by Crippen LogP contribution is -1.93. The lowest BCUT2D eigenvalue weighted by Gasteiger charge is -1.99. The van der Waals surface area contributed by atoms with Crippen LogP contribution in [0.25, 0.3) is 10.1 Å². The number of thiophene rings is 1. The van der Waals surface area contributed by atoms with Gasteiger partial charge in [-0.3, -0.25) is 5.43 Å². The number of aryl methyl sites for hydroxylation is 1. The molecule has 0 aliphatic carbocycles. The Morgan fingerprint density at radius 1 is 1.32 bits per heavy atom. The molecule has 96 valence electrons. The molecule has 0 atom stereocenters. The SMILES string of the molecule is Cc1csc(NN=Cc2c(F)ccc3sccc23)n1. The quantitative estimate of drug-likeness (QED) is 0.578. The van der Waals surface area contributed by atoms with Crippen molar-refractivity contribution in [3.05, 3.63) is 46.0 Å². The Kier molecular flexibility index (Phi) is 3.27. The highest BCUT2D eigenvalue weighted by Crippen LogP contribution is 2.25. The van der Waals surface area contributed by atoms with Gasteiger partial charge in [0, 0.05) is 21.0 Å². The van der Waals surface area contributed by atoms with Crippen LogP contribution >= 0.6 is 22.7 Å². The Balaban J connectivity index is 1.88. The summed E-state index contributed by atoms with van der Waals surface area (Å²) in [6.07, 6.45) is 1.50. The van der Waals surface area contributed by atoms with Crippen LogP contribution in [0.5, 0.6) is 0 Å². The molecule has 2 heterocycles. The normalized spacial score (nSPS) is 11.5. The molecule has 3 aromatic rings. The van der Waals surface area contributed by atoms with Gasteiger partial charge in [-0.05, 0) is 30.5 Å². The lowest BCUT2D eigenvalue weighted by molar-refractivity contribution is 0.628. The first kappa shape index (κ1) is 12.3. The predicted octanol–water partition coefficient (Wildman–Crippen LogP) is 4.25. The molecule has 1 aromatic carbocycles. The van der Waals surface area contributed by atoms with Gasteiger partial charge in [0.1, 0.15) is 5.82 Å². The number of nitrogens with one attached hydrogen (secondary N) is 1. The fourth-order valence-corrected chi connectivity index (χ4v) is 3.17. The van der Waals surface area contributed by atoms with Crippen LogP contribution in [0.3, 0.4) is 0 Å². The molecular weight excluding hydrogens is 281 g/mol. The zero-order chi connectivity index (χ0) is 13.2. The zero-order valence-corrected chi connectivity index (χ0v) is 11.7. The van der Waals surface area contributed by atoms with Gasteiger partial charge in [0.2, 0.25) is 5.13 Å². The number of anilines is 1. The number of hydrazone groups is 1. The molecule has 1 N–H and O–H groups in total. The molecule has 0 aliphatic rings. The van der Waals surface area contributed by atoms with E-state index in [1.807, 2.05) is 23.8 Å². The Labute approximate surface area is 117 Å². The standard InChI is InChI=1S/C13H10FN3S2/c1-8-7-19-13(16-8)17-15-6-10-9-4-5-18-12(9)3-2-11(10)14/h2-7H,1H3,(H,16,17). The third kappa shape index (κ3) is 2.50. The molecule has 6 heteroatoms. The van der Waals surface area contributed by atoms with E-state index in [1.165, 1.54) is 23.6 Å². The summed E-state index contributed by atoms with van der Waals surface area (Å²) in [4.78, 5) is 4.22. The Morgan fingerprint density at radius 3 is 3.00 bits per heavy atom. The fraction of sp³-hybridized carbons (Fsp3) is 0.0769. The van der Waals surface area contributed by atoms with Gasteiger partial charge >= 0.3 is 0 Å². The zero-order valence-electron chi connectivity index (χ0n) is 10.1. The van der Waals surface area contributed by atoms with Crippen LogP contribution in [-0.2, 0) is 0 Å². The molecule has 19 heavy (non-hydrogen) atoms. The summed E-state index contributed by atoms with van der Waals surface area (Å²) in [5.41, 5.74) is 4.25. The third-order valence-corrected chi connectivity index (χ3v) is 4.34. The molecule has 3 rings (SSSR count). The second-order valence-electron chi connectivity index (χ2n) is 3.96. The van der Waals surface area contributed by atoms with Gasteiger partial charge in [-0.2, -0.15) is 5.10 Å². The van der Waals surface area contributed by atoms with Gasteiger partial charge in [-0.25, -0.2) is 9.37 Å². The maximum atomic E-state index is 13.8. The highest BCUT2D eigenvalue weighted by atomic mass is 32.1. The molecule has 0 unspecified atom stereocenters. The van der Waals surface area contributed by atoms with E-state index < -0.39 is 0 Å². The van der Waals surface area contributed by atoms with E-state index in [-0.39, 0.29) is 5.82 Å². The summed E-state index contributed by atoms with van der Waals surface area (Å²) in [5, 5.41) is 9.51. The Hall–Kier alpha value is -1.79. The van der Waals surface area contributed by atoms with Crippen molar-refractivity contribution in [1.82, 2.24) is 4.98 Å². The summed E-state index contributed by atoms with van der Waals surface area (Å²) >= 11 is 3.05. The molecule has 0 saturated carbocycles. The summed E-state index contributed by atoms with van der Waals surface area (Å²) in [6, 6.07) is 5.15. The van der Waals surface area contributed by atoms with E-state index in [9.17, 15) is 4.39 Å². The number of hydrogen-bond acceptors (Lipinski definition) is 5. The number of rotatable bonds is 3. The molecule has 0 radical (unpaired) electrons. The van der Waals surface area contributed by atoms with E-state index in [0.717, 1.165) is 15.8 Å². The van der Waals surface area contributed by atoms with Crippen molar-refractivity contribution < 1.29 is 4.39 Å². The van der Waals surface area contributed by atoms with E-state index in [0.29, 0.717) is 10.7 Å². The van der Waals surface area contributed by atoms with E-state index in [1.54, 1.807) is 17.4 Å². The molecule has 0 aliphatic heterocycles. The number of halogens is 1. The highest BCUT2D eigenvalue weighted by Gasteiger charge is 2.06. The number of thiazole rings is 1. The molecule has 0 fully saturated rings. The van der Waals surface area contributed by atoms with Gasteiger partial charge in [-0.1, -0.05) is 0 Å². The molecule has 3 nitrogen and oxygen atoms in total. The lowest BCUT2D eigenvalue weighted by atomic mass is 10.1. The van der Waals surface area contributed by atoms with Crippen LogP contribution in [0, 0.1) is 12.7 Å². The molecule has 0 amide bonds. The van der Waals surface area contributed by atoms with Crippen molar-refractivity contribution in [2.24, 2.45) is 5.10 Å². The maximum Gasteiger partial charge on any atom is 0.203 e. The van der Waals surface area contributed by atoms with E-state index in [2.05, 4.69) is 15.5 Å². The summed E-state index contributed by atoms with van der Waals surface area (Å²) in [5.74, 6) is -0.272. The number of aromatic nitrogens is 1. The van der Waals surface area contributed by atoms with Gasteiger partial charge in [0.15, 0.2) is 0 Å². The van der Waals surface area contributed by atoms with Crippen LogP contribution in [0.4, 0.5) is 9.52 Å². The Bertz CT molecular complexity index is 745. The summed E-state index contributed by atoms with van der Waals surface area (Å²) in [7, 11) is 0. The first-order chi connectivity index (χ1) is 9.24. The molecule has 0 spiro atoms. The van der Waals surface area contributed by atoms with Gasteiger partial charge in [0.05, 0.1) is 11.9 Å². The van der Waals surface area contributed by atoms with Crippen LogP contribution in [0.1, 0.15) is 11.3 Å². The maximum absolute atomic E-state index is 13.8. The van der Waals surface area contributed by atoms with E-state index in [4.69, 9.17) is 0 Å². The van der Waals surface area contributed by atoms with Crippen molar-refractivity contribution >= 4 is 44.1 Å². The van der Waals surface area contributed by atoms with Crippen molar-refractivity contribution in [3.8, 4) is 0 Å². The van der Waals surface area contributed by atoms with Crippen LogP contribution in [0.15, 0.2) is 34.1 Å². The molecule has 2 aromatic heterocycles. The van der Waals surface area contributed by atoms with Crippen molar-refractivity contribution in [2.75, 3.05) is 5.43 Å². The van der Waals surface area contributed by atoms with Crippen LogP contribution < -0.4 is 5.43 Å². The largest absolute Gasteiger partial charge is 0.253 e. The number of fused-ring (bicyclic) bond motifs is 1. The van der Waals surface area contributed by atoms with Crippen molar-refractivity contribution in [3.63, 3.8) is 0 Å². The predicted molar refractivity (Wildman–Crippen MR) is 79.9 cm³/mol. The second kappa shape index (κ2) is 5.07. The smallest absolute Gasteiger partial charge is 0.203 e. The topological polar surface area (TPSA) is 37.3 Å². The number of nitrogens with zero attached hydrogens (tertiary/aromatic N) is 2. The van der Waals surface area contributed by atoms with Gasteiger partial charge in [0.25, 0.3) is 0 Å². The van der Waals surface area contributed by atoms with E-state index >= 15 is 0 Å². The van der Waals surface area contributed by atoms with Gasteiger partial charge in [-0.15, -0.1) is 22.7 Å². The highest BCUT2D eigenvalue weighted by molar-refractivity contribution is 7.17.